The first-order valence-corrected chi connectivity index (χ1v) is 6.89. The number of halogens is 3. The summed E-state index contributed by atoms with van der Waals surface area (Å²) in [5.41, 5.74) is 4.58. The topological polar surface area (TPSA) is 46.3 Å². The summed E-state index contributed by atoms with van der Waals surface area (Å²) in [6.45, 7) is 2.49. The summed E-state index contributed by atoms with van der Waals surface area (Å²) in [6, 6.07) is 0.999. The molecule has 0 atom stereocenters. The molecule has 114 valence electrons. The van der Waals surface area contributed by atoms with Crippen LogP contribution in [-0.4, -0.2) is 28.9 Å². The van der Waals surface area contributed by atoms with E-state index in [9.17, 15) is 18.0 Å². The molecule has 21 heavy (non-hydrogen) atoms. The highest BCUT2D eigenvalue weighted by atomic mass is 32.1. The van der Waals surface area contributed by atoms with E-state index in [1.165, 1.54) is 4.90 Å². The lowest BCUT2D eigenvalue weighted by Crippen LogP contribution is -2.47. The zero-order valence-electron chi connectivity index (χ0n) is 11.5. The van der Waals surface area contributed by atoms with E-state index in [4.69, 9.17) is 18.0 Å². The molecule has 1 amide bonds. The normalized spacial score (nSPS) is 17.6. The van der Waals surface area contributed by atoms with Crippen molar-refractivity contribution in [2.24, 2.45) is 11.1 Å². The minimum Gasteiger partial charge on any atom is -0.393 e. The molecule has 7 heteroatoms. The molecule has 0 unspecified atom stereocenters. The Morgan fingerprint density at radius 2 is 1.71 bits per heavy atom. The lowest BCUT2D eigenvalue weighted by atomic mass is 9.80. The molecule has 0 saturated carbocycles. The molecule has 0 aromatic heterocycles. The number of amides is 1. The second kappa shape index (κ2) is 5.63. The zero-order valence-corrected chi connectivity index (χ0v) is 12.3. The third kappa shape index (κ3) is 3.02. The van der Waals surface area contributed by atoms with Gasteiger partial charge in [-0.1, -0.05) is 19.1 Å². The van der Waals surface area contributed by atoms with E-state index in [2.05, 4.69) is 0 Å². The molecule has 1 aliphatic rings. The zero-order chi connectivity index (χ0) is 15.8. The summed E-state index contributed by atoms with van der Waals surface area (Å²) in [7, 11) is 0. The van der Waals surface area contributed by atoms with E-state index < -0.39 is 28.9 Å². The monoisotopic (exact) mass is 316 g/mol. The van der Waals surface area contributed by atoms with E-state index in [1.54, 1.807) is 0 Å². The predicted molar refractivity (Wildman–Crippen MR) is 76.3 cm³/mol. The molecular formula is C14H15F3N2OS. The summed E-state index contributed by atoms with van der Waals surface area (Å²) in [5.74, 6) is -4.23. The fourth-order valence-electron chi connectivity index (χ4n) is 2.35. The van der Waals surface area contributed by atoms with Crippen LogP contribution in [0.1, 0.15) is 30.1 Å². The fourth-order valence-corrected chi connectivity index (χ4v) is 2.56. The first-order chi connectivity index (χ1) is 9.74. The number of thiocarbonyl (C=S) groups is 1. The molecule has 2 N–H and O–H groups in total. The van der Waals surface area contributed by atoms with Crippen molar-refractivity contribution in [3.63, 3.8) is 0 Å². The van der Waals surface area contributed by atoms with Gasteiger partial charge in [-0.2, -0.15) is 0 Å². The third-order valence-corrected chi connectivity index (χ3v) is 4.46. The molecular weight excluding hydrogens is 301 g/mol. The molecule has 0 bridgehead atoms. The Labute approximate surface area is 125 Å². The van der Waals surface area contributed by atoms with Crippen molar-refractivity contribution in [3.05, 3.63) is 35.1 Å². The number of benzene rings is 1. The average molecular weight is 316 g/mol. The number of rotatable bonds is 2. The van der Waals surface area contributed by atoms with E-state index in [0.29, 0.717) is 43.1 Å². The minimum atomic E-state index is -1.19. The fraction of sp³-hybridized carbons (Fsp3) is 0.429. The summed E-state index contributed by atoms with van der Waals surface area (Å²) in [4.78, 5) is 13.9. The van der Waals surface area contributed by atoms with Crippen LogP contribution in [0.5, 0.6) is 0 Å². The summed E-state index contributed by atoms with van der Waals surface area (Å²) in [5, 5.41) is 0. The lowest BCUT2D eigenvalue weighted by molar-refractivity contribution is 0.0660. The van der Waals surface area contributed by atoms with Gasteiger partial charge in [0.1, 0.15) is 23.0 Å². The highest BCUT2D eigenvalue weighted by molar-refractivity contribution is 7.80. The van der Waals surface area contributed by atoms with Crippen LogP contribution in [-0.2, 0) is 0 Å². The van der Waals surface area contributed by atoms with Crippen LogP contribution in [0.3, 0.4) is 0 Å². The number of hydrogen-bond donors (Lipinski definition) is 1. The van der Waals surface area contributed by atoms with Gasteiger partial charge in [0.2, 0.25) is 0 Å². The van der Waals surface area contributed by atoms with Gasteiger partial charge in [-0.05, 0) is 12.8 Å². The van der Waals surface area contributed by atoms with Crippen LogP contribution < -0.4 is 5.73 Å². The molecule has 1 aromatic carbocycles. The Morgan fingerprint density at radius 3 is 2.14 bits per heavy atom. The number of carbonyl (C=O) groups excluding carboxylic acids is 1. The van der Waals surface area contributed by atoms with Gasteiger partial charge in [-0.3, -0.25) is 4.79 Å². The van der Waals surface area contributed by atoms with Crippen LogP contribution in [0.15, 0.2) is 12.1 Å². The van der Waals surface area contributed by atoms with Crippen molar-refractivity contribution in [3.8, 4) is 0 Å². The predicted octanol–water partition coefficient (Wildman–Crippen LogP) is 2.63. The number of nitrogens with zero attached hydrogens (tertiary/aromatic N) is 1. The van der Waals surface area contributed by atoms with Gasteiger partial charge in [-0.15, -0.1) is 0 Å². The Bertz CT molecular complexity index is 575. The molecule has 1 heterocycles. The first kappa shape index (κ1) is 15.8. The van der Waals surface area contributed by atoms with E-state index in [0.717, 1.165) is 0 Å². The number of hydrogen-bond acceptors (Lipinski definition) is 2. The van der Waals surface area contributed by atoms with Crippen LogP contribution in [0.2, 0.25) is 0 Å². The molecule has 3 nitrogen and oxygen atoms in total. The van der Waals surface area contributed by atoms with Gasteiger partial charge in [0.15, 0.2) is 0 Å². The summed E-state index contributed by atoms with van der Waals surface area (Å²) in [6.07, 6.45) is 1.05. The molecule has 0 aliphatic carbocycles. The molecule has 0 radical (unpaired) electrons. The van der Waals surface area contributed by atoms with Gasteiger partial charge in [0.05, 0.1) is 4.99 Å². The Hall–Kier alpha value is -1.63. The van der Waals surface area contributed by atoms with Crippen LogP contribution >= 0.6 is 12.2 Å². The van der Waals surface area contributed by atoms with Crippen molar-refractivity contribution < 1.29 is 18.0 Å². The standard InChI is InChI=1S/C14H15F3N2OS/c1-14(13(18)21)2-4-19(5-3-14)12(20)11-9(16)6-8(15)7-10(11)17/h6-7H,2-5H2,1H3,(H2,18,21). The molecule has 2 rings (SSSR count). The van der Waals surface area contributed by atoms with E-state index in [1.807, 2.05) is 6.92 Å². The van der Waals surface area contributed by atoms with Crippen molar-refractivity contribution in [2.75, 3.05) is 13.1 Å². The van der Waals surface area contributed by atoms with Gasteiger partial charge in [0, 0.05) is 30.6 Å². The van der Waals surface area contributed by atoms with Crippen molar-refractivity contribution in [1.82, 2.24) is 4.90 Å². The Kier molecular flexibility index (Phi) is 4.22. The number of piperidine rings is 1. The second-order valence-corrected chi connectivity index (χ2v) is 5.90. The summed E-state index contributed by atoms with van der Waals surface area (Å²) < 4.78 is 40.1. The highest BCUT2D eigenvalue weighted by Gasteiger charge is 2.35. The third-order valence-electron chi connectivity index (χ3n) is 3.97. The molecule has 1 fully saturated rings. The average Bonchev–Trinajstić information content (AvgIpc) is 2.38. The maximum Gasteiger partial charge on any atom is 0.259 e. The van der Waals surface area contributed by atoms with Crippen LogP contribution in [0.4, 0.5) is 13.2 Å². The molecule has 1 aliphatic heterocycles. The van der Waals surface area contributed by atoms with Gasteiger partial charge >= 0.3 is 0 Å². The minimum absolute atomic E-state index is 0.295. The van der Waals surface area contributed by atoms with Crippen molar-refractivity contribution in [2.45, 2.75) is 19.8 Å². The van der Waals surface area contributed by atoms with E-state index in [-0.39, 0.29) is 5.41 Å². The van der Waals surface area contributed by atoms with Gasteiger partial charge in [-0.25, -0.2) is 13.2 Å². The number of likely N-dealkylation sites (tertiary alicyclic amines) is 1. The maximum atomic E-state index is 13.6. The van der Waals surface area contributed by atoms with Crippen molar-refractivity contribution >= 4 is 23.1 Å². The second-order valence-electron chi connectivity index (χ2n) is 5.46. The van der Waals surface area contributed by atoms with Gasteiger partial charge in [0.25, 0.3) is 5.91 Å². The smallest absolute Gasteiger partial charge is 0.259 e. The molecule has 1 saturated heterocycles. The van der Waals surface area contributed by atoms with E-state index >= 15 is 0 Å². The summed E-state index contributed by atoms with van der Waals surface area (Å²) >= 11 is 5.00. The first-order valence-electron chi connectivity index (χ1n) is 6.48. The highest BCUT2D eigenvalue weighted by Crippen LogP contribution is 2.32. The van der Waals surface area contributed by atoms with Crippen LogP contribution in [0.25, 0.3) is 0 Å². The largest absolute Gasteiger partial charge is 0.393 e. The number of nitrogens with two attached hydrogens (primary N) is 1. The number of carbonyl (C=O) groups is 1. The molecule has 0 spiro atoms. The maximum absolute atomic E-state index is 13.6. The lowest BCUT2D eigenvalue weighted by Gasteiger charge is -2.38. The SMILES string of the molecule is CC1(C(N)=S)CCN(C(=O)c2c(F)cc(F)cc2F)CC1. The van der Waals surface area contributed by atoms with Crippen LogP contribution in [0, 0.1) is 22.9 Å². The molecule has 1 aromatic rings. The quantitative estimate of drug-likeness (QED) is 0.853. The Morgan fingerprint density at radius 1 is 1.24 bits per heavy atom. The van der Waals surface area contributed by atoms with Gasteiger partial charge < -0.3 is 10.6 Å². The Balaban J connectivity index is 2.18. The van der Waals surface area contributed by atoms with Crippen molar-refractivity contribution in [1.29, 1.82) is 0 Å².